The molecule has 0 aliphatic rings. The zero-order chi connectivity index (χ0) is 13.4. The number of nitrogen functional groups attached to an aromatic ring is 1. The minimum absolute atomic E-state index is 0.0117. The molecule has 3 N–H and O–H groups in total. The second-order valence-electron chi connectivity index (χ2n) is 3.84. The van der Waals surface area contributed by atoms with E-state index in [2.05, 4.69) is 19.9 Å². The van der Waals surface area contributed by atoms with Gasteiger partial charge in [-0.15, -0.1) is 0 Å². The van der Waals surface area contributed by atoms with Crippen molar-refractivity contribution in [2.75, 3.05) is 5.73 Å². The summed E-state index contributed by atoms with van der Waals surface area (Å²) in [6, 6.07) is 6.16. The van der Waals surface area contributed by atoms with Crippen LogP contribution in [0.5, 0.6) is 0 Å². The number of hydrogen-bond donors (Lipinski definition) is 2. The van der Waals surface area contributed by atoms with Gasteiger partial charge in [0.15, 0.2) is 5.65 Å². The van der Waals surface area contributed by atoms with Crippen LogP contribution in [0, 0.1) is 10.1 Å². The van der Waals surface area contributed by atoms with Crippen LogP contribution in [0.25, 0.3) is 22.4 Å². The summed E-state index contributed by atoms with van der Waals surface area (Å²) in [5, 5.41) is 10.8. The first kappa shape index (κ1) is 11.1. The molecule has 94 valence electrons. The summed E-state index contributed by atoms with van der Waals surface area (Å²) < 4.78 is 0. The van der Waals surface area contributed by atoms with Gasteiger partial charge in [-0.2, -0.15) is 4.98 Å². The highest BCUT2D eigenvalue weighted by Crippen LogP contribution is 2.27. The SMILES string of the molecule is Nc1nc(-c2cccc([N+](=O)[O-])c2)c2[nH]cnc2n1. The highest BCUT2D eigenvalue weighted by molar-refractivity contribution is 5.88. The minimum atomic E-state index is -0.460. The van der Waals surface area contributed by atoms with E-state index in [0.29, 0.717) is 22.4 Å². The van der Waals surface area contributed by atoms with E-state index in [-0.39, 0.29) is 11.6 Å². The second kappa shape index (κ2) is 4.02. The molecule has 0 unspecified atom stereocenters. The Hall–Kier alpha value is -3.03. The normalized spacial score (nSPS) is 10.7. The summed E-state index contributed by atoms with van der Waals surface area (Å²) in [6.45, 7) is 0. The molecule has 2 heterocycles. The third-order valence-electron chi connectivity index (χ3n) is 2.63. The molecule has 0 bridgehead atoms. The lowest BCUT2D eigenvalue weighted by Crippen LogP contribution is -1.98. The fourth-order valence-electron chi connectivity index (χ4n) is 1.83. The number of nitrogens with zero attached hydrogens (tertiary/aromatic N) is 4. The number of aromatic amines is 1. The molecule has 0 radical (unpaired) electrons. The number of H-pyrrole nitrogens is 1. The van der Waals surface area contributed by atoms with Crippen molar-refractivity contribution in [3.63, 3.8) is 0 Å². The fraction of sp³-hybridized carbons (Fsp3) is 0. The second-order valence-corrected chi connectivity index (χ2v) is 3.84. The topological polar surface area (TPSA) is 124 Å². The molecule has 8 heteroatoms. The third-order valence-corrected chi connectivity index (χ3v) is 2.63. The molecular formula is C11H8N6O2. The molecule has 0 fully saturated rings. The van der Waals surface area contributed by atoms with E-state index in [4.69, 9.17) is 5.73 Å². The zero-order valence-electron chi connectivity index (χ0n) is 9.57. The van der Waals surface area contributed by atoms with Gasteiger partial charge in [0.2, 0.25) is 5.95 Å². The van der Waals surface area contributed by atoms with Crippen LogP contribution in [0.15, 0.2) is 30.6 Å². The largest absolute Gasteiger partial charge is 0.368 e. The molecule has 8 nitrogen and oxygen atoms in total. The molecule has 0 saturated carbocycles. The quantitative estimate of drug-likeness (QED) is 0.529. The predicted octanol–water partition coefficient (Wildman–Crippen LogP) is 1.51. The molecule has 1 aromatic carbocycles. The Labute approximate surface area is 106 Å². The number of fused-ring (bicyclic) bond motifs is 1. The molecule has 0 amide bonds. The summed E-state index contributed by atoms with van der Waals surface area (Å²) in [4.78, 5) is 25.3. The Morgan fingerprint density at radius 3 is 2.95 bits per heavy atom. The first-order chi connectivity index (χ1) is 9.15. The van der Waals surface area contributed by atoms with Crippen molar-refractivity contribution < 1.29 is 4.92 Å². The molecule has 0 aliphatic carbocycles. The number of nitrogens with two attached hydrogens (primary N) is 1. The van der Waals surface area contributed by atoms with Crippen molar-refractivity contribution >= 4 is 22.8 Å². The lowest BCUT2D eigenvalue weighted by atomic mass is 10.1. The maximum Gasteiger partial charge on any atom is 0.270 e. The highest BCUT2D eigenvalue weighted by atomic mass is 16.6. The van der Waals surface area contributed by atoms with Crippen molar-refractivity contribution in [3.05, 3.63) is 40.7 Å². The lowest BCUT2D eigenvalue weighted by Gasteiger charge is -2.03. The fourth-order valence-corrected chi connectivity index (χ4v) is 1.83. The van der Waals surface area contributed by atoms with Crippen molar-refractivity contribution in [2.45, 2.75) is 0 Å². The van der Waals surface area contributed by atoms with Crippen LogP contribution in [-0.2, 0) is 0 Å². The molecular weight excluding hydrogens is 248 g/mol. The van der Waals surface area contributed by atoms with E-state index in [0.717, 1.165) is 0 Å². The van der Waals surface area contributed by atoms with Gasteiger partial charge in [-0.3, -0.25) is 10.1 Å². The molecule has 0 spiro atoms. The maximum atomic E-state index is 10.8. The van der Waals surface area contributed by atoms with Gasteiger partial charge in [0.25, 0.3) is 5.69 Å². The molecule has 2 aromatic heterocycles. The Bertz CT molecular complexity index is 782. The van der Waals surface area contributed by atoms with Crippen molar-refractivity contribution in [1.29, 1.82) is 0 Å². The number of hydrogen-bond acceptors (Lipinski definition) is 6. The minimum Gasteiger partial charge on any atom is -0.368 e. The third kappa shape index (κ3) is 1.84. The van der Waals surface area contributed by atoms with Gasteiger partial charge in [-0.25, -0.2) is 9.97 Å². The lowest BCUT2D eigenvalue weighted by molar-refractivity contribution is -0.384. The standard InChI is InChI=1S/C11H8N6O2/c12-11-15-8(9-10(16-11)14-5-13-9)6-2-1-3-7(4-6)17(18)19/h1-5H,(H3,12,13,14,15,16). The molecule has 3 rings (SSSR count). The summed E-state index contributed by atoms with van der Waals surface area (Å²) in [7, 11) is 0. The molecule has 0 aliphatic heterocycles. The van der Waals surface area contributed by atoms with Gasteiger partial charge in [0, 0.05) is 17.7 Å². The van der Waals surface area contributed by atoms with Crippen LogP contribution in [-0.4, -0.2) is 24.9 Å². The number of rotatable bonds is 2. The van der Waals surface area contributed by atoms with Crippen molar-refractivity contribution in [3.8, 4) is 11.3 Å². The van der Waals surface area contributed by atoms with Crippen LogP contribution in [0.3, 0.4) is 0 Å². The first-order valence-electron chi connectivity index (χ1n) is 5.36. The van der Waals surface area contributed by atoms with Crippen LogP contribution in [0.2, 0.25) is 0 Å². The van der Waals surface area contributed by atoms with E-state index in [1.165, 1.54) is 18.5 Å². The summed E-state index contributed by atoms with van der Waals surface area (Å²) >= 11 is 0. The van der Waals surface area contributed by atoms with Gasteiger partial charge < -0.3 is 10.7 Å². The Morgan fingerprint density at radius 2 is 2.16 bits per heavy atom. The Kier molecular flexibility index (Phi) is 2.34. The van der Waals surface area contributed by atoms with Gasteiger partial charge in [-0.05, 0) is 0 Å². The van der Waals surface area contributed by atoms with Gasteiger partial charge in [0.1, 0.15) is 11.2 Å². The number of nitrogens with one attached hydrogen (secondary N) is 1. The van der Waals surface area contributed by atoms with Crippen LogP contribution >= 0.6 is 0 Å². The molecule has 0 atom stereocenters. The molecule has 0 saturated heterocycles. The smallest absolute Gasteiger partial charge is 0.270 e. The average Bonchev–Trinajstić information content (AvgIpc) is 2.85. The molecule has 19 heavy (non-hydrogen) atoms. The van der Waals surface area contributed by atoms with Gasteiger partial charge in [-0.1, -0.05) is 12.1 Å². The van der Waals surface area contributed by atoms with E-state index < -0.39 is 4.92 Å². The van der Waals surface area contributed by atoms with E-state index in [9.17, 15) is 10.1 Å². The van der Waals surface area contributed by atoms with Gasteiger partial charge in [0.05, 0.1) is 11.3 Å². The van der Waals surface area contributed by atoms with Crippen molar-refractivity contribution in [2.24, 2.45) is 0 Å². The first-order valence-corrected chi connectivity index (χ1v) is 5.36. The van der Waals surface area contributed by atoms with E-state index in [1.807, 2.05) is 0 Å². The Morgan fingerprint density at radius 1 is 1.32 bits per heavy atom. The number of nitro benzene ring substituents is 1. The predicted molar refractivity (Wildman–Crippen MR) is 68.2 cm³/mol. The van der Waals surface area contributed by atoms with Gasteiger partial charge >= 0.3 is 0 Å². The van der Waals surface area contributed by atoms with Crippen LogP contribution in [0.1, 0.15) is 0 Å². The van der Waals surface area contributed by atoms with E-state index in [1.54, 1.807) is 12.1 Å². The van der Waals surface area contributed by atoms with Crippen LogP contribution < -0.4 is 5.73 Å². The number of aromatic nitrogens is 4. The summed E-state index contributed by atoms with van der Waals surface area (Å²) in [5.41, 5.74) is 7.69. The number of imidazole rings is 1. The number of benzene rings is 1. The monoisotopic (exact) mass is 256 g/mol. The number of nitro groups is 1. The average molecular weight is 256 g/mol. The summed E-state index contributed by atoms with van der Waals surface area (Å²) in [6.07, 6.45) is 1.47. The highest BCUT2D eigenvalue weighted by Gasteiger charge is 2.13. The number of non-ortho nitro benzene ring substituents is 1. The van der Waals surface area contributed by atoms with E-state index >= 15 is 0 Å². The Balaban J connectivity index is 2.26. The number of anilines is 1. The summed E-state index contributed by atoms with van der Waals surface area (Å²) in [5.74, 6) is 0.0705. The zero-order valence-corrected chi connectivity index (χ0v) is 9.57. The van der Waals surface area contributed by atoms with Crippen LogP contribution in [0.4, 0.5) is 11.6 Å². The molecule has 3 aromatic rings. The van der Waals surface area contributed by atoms with Crippen molar-refractivity contribution in [1.82, 2.24) is 19.9 Å². The maximum absolute atomic E-state index is 10.8.